The summed E-state index contributed by atoms with van der Waals surface area (Å²) in [6, 6.07) is 23.5. The lowest BCUT2D eigenvalue weighted by Crippen LogP contribution is -2.12. The van der Waals surface area contributed by atoms with Crippen LogP contribution in [0, 0.1) is 17.0 Å². The molecule has 0 spiro atoms. The highest BCUT2D eigenvalue weighted by molar-refractivity contribution is 6.05. The Labute approximate surface area is 201 Å². The van der Waals surface area contributed by atoms with Crippen molar-refractivity contribution in [2.24, 2.45) is 0 Å². The van der Waals surface area contributed by atoms with E-state index in [2.05, 4.69) is 10.6 Å². The molecule has 174 valence electrons. The number of rotatable bonds is 7. The van der Waals surface area contributed by atoms with E-state index in [1.807, 2.05) is 19.1 Å². The number of nitrogens with one attached hydrogen (secondary N) is 2. The molecule has 8 heteroatoms. The molecule has 0 aliphatic heterocycles. The van der Waals surface area contributed by atoms with E-state index in [1.165, 1.54) is 18.2 Å². The van der Waals surface area contributed by atoms with Crippen LogP contribution in [0.15, 0.2) is 95.4 Å². The average Bonchev–Trinajstić information content (AvgIpc) is 3.33. The highest BCUT2D eigenvalue weighted by Gasteiger charge is 2.16. The molecule has 0 fully saturated rings. The summed E-state index contributed by atoms with van der Waals surface area (Å²) in [6.07, 6.45) is 2.78. The molecule has 2 N–H and O–H groups in total. The number of nitrogens with zero attached hydrogens (tertiary/aromatic N) is 1. The van der Waals surface area contributed by atoms with E-state index in [4.69, 9.17) is 4.42 Å². The van der Waals surface area contributed by atoms with Crippen molar-refractivity contribution in [3.8, 4) is 11.3 Å². The lowest BCUT2D eigenvalue weighted by Gasteiger charge is -2.07. The van der Waals surface area contributed by atoms with Crippen LogP contribution < -0.4 is 10.6 Å². The molecule has 0 unspecified atom stereocenters. The Hall–Kier alpha value is -4.98. The Morgan fingerprint density at radius 2 is 1.60 bits per heavy atom. The standard InChI is InChI=1S/C27H21N3O5/c1-18-5-4-6-19(17-18)27(32)29-21-11-9-20(10-12-21)28-26(31)16-14-22-13-15-25(35-22)23-7-2-3-8-24(23)30(33)34/h2-17H,1H3,(H,28,31)(H,29,32)/b16-14+. The van der Waals surface area contributed by atoms with Crippen LogP contribution in [0.4, 0.5) is 17.1 Å². The van der Waals surface area contributed by atoms with Crippen molar-refractivity contribution in [3.05, 3.63) is 118 Å². The second kappa shape index (κ2) is 10.3. The van der Waals surface area contributed by atoms with Gasteiger partial charge in [-0.3, -0.25) is 19.7 Å². The summed E-state index contributed by atoms with van der Waals surface area (Å²) >= 11 is 0. The van der Waals surface area contributed by atoms with Crippen molar-refractivity contribution in [1.29, 1.82) is 0 Å². The number of benzene rings is 3. The van der Waals surface area contributed by atoms with E-state index in [0.29, 0.717) is 34.0 Å². The Bertz CT molecular complexity index is 1420. The lowest BCUT2D eigenvalue weighted by molar-refractivity contribution is -0.384. The molecule has 4 aromatic rings. The molecule has 0 radical (unpaired) electrons. The topological polar surface area (TPSA) is 114 Å². The molecule has 0 bridgehead atoms. The predicted octanol–water partition coefficient (Wildman–Crippen LogP) is 6.07. The van der Waals surface area contributed by atoms with Crippen molar-refractivity contribution in [2.45, 2.75) is 6.92 Å². The molecule has 1 heterocycles. The molecule has 0 saturated carbocycles. The Morgan fingerprint density at radius 3 is 2.31 bits per heavy atom. The molecule has 4 rings (SSSR count). The number of aryl methyl sites for hydroxylation is 1. The first-order valence-corrected chi connectivity index (χ1v) is 10.7. The number of hydrogen-bond donors (Lipinski definition) is 2. The van der Waals surface area contributed by atoms with E-state index >= 15 is 0 Å². The maximum absolute atomic E-state index is 12.4. The van der Waals surface area contributed by atoms with Gasteiger partial charge in [0.1, 0.15) is 11.5 Å². The van der Waals surface area contributed by atoms with Crippen LogP contribution in [0.5, 0.6) is 0 Å². The number of furan rings is 1. The van der Waals surface area contributed by atoms with Crippen LogP contribution in [0.25, 0.3) is 17.4 Å². The number of hydrogen-bond acceptors (Lipinski definition) is 5. The van der Waals surface area contributed by atoms with Gasteiger partial charge in [-0.15, -0.1) is 0 Å². The zero-order valence-corrected chi connectivity index (χ0v) is 18.7. The van der Waals surface area contributed by atoms with Crippen molar-refractivity contribution in [1.82, 2.24) is 0 Å². The first-order chi connectivity index (χ1) is 16.9. The zero-order chi connectivity index (χ0) is 24.8. The predicted molar refractivity (Wildman–Crippen MR) is 134 cm³/mol. The van der Waals surface area contributed by atoms with Crippen molar-refractivity contribution >= 4 is 35.0 Å². The largest absolute Gasteiger partial charge is 0.456 e. The smallest absolute Gasteiger partial charge is 0.280 e. The van der Waals surface area contributed by atoms with E-state index in [-0.39, 0.29) is 17.5 Å². The molecule has 0 atom stereocenters. The van der Waals surface area contributed by atoms with Crippen molar-refractivity contribution in [2.75, 3.05) is 10.6 Å². The highest BCUT2D eigenvalue weighted by atomic mass is 16.6. The molecule has 3 aromatic carbocycles. The van der Waals surface area contributed by atoms with Crippen molar-refractivity contribution in [3.63, 3.8) is 0 Å². The average molecular weight is 467 g/mol. The van der Waals surface area contributed by atoms with Gasteiger partial charge in [-0.2, -0.15) is 0 Å². The fourth-order valence-electron chi connectivity index (χ4n) is 3.40. The third-order valence-corrected chi connectivity index (χ3v) is 5.08. The minimum atomic E-state index is -0.472. The van der Waals surface area contributed by atoms with Crippen LogP contribution in [0.2, 0.25) is 0 Å². The second-order valence-electron chi connectivity index (χ2n) is 7.70. The van der Waals surface area contributed by atoms with Gasteiger partial charge in [-0.1, -0.05) is 29.8 Å². The normalized spacial score (nSPS) is 10.8. The Balaban J connectivity index is 1.36. The van der Waals surface area contributed by atoms with Crippen LogP contribution >= 0.6 is 0 Å². The van der Waals surface area contributed by atoms with E-state index in [1.54, 1.807) is 66.7 Å². The number of nitro groups is 1. The van der Waals surface area contributed by atoms with Gasteiger partial charge in [0.2, 0.25) is 5.91 Å². The SMILES string of the molecule is Cc1cccc(C(=O)Nc2ccc(NC(=O)/C=C/c3ccc(-c4ccccc4[N+](=O)[O-])o3)cc2)c1. The number of carbonyl (C=O) groups excluding carboxylic acids is 2. The summed E-state index contributed by atoms with van der Waals surface area (Å²) in [6.45, 7) is 1.92. The van der Waals surface area contributed by atoms with Crippen molar-refractivity contribution < 1.29 is 18.9 Å². The summed E-state index contributed by atoms with van der Waals surface area (Å²) in [5.41, 5.74) is 3.01. The summed E-state index contributed by atoms with van der Waals surface area (Å²) in [5, 5.41) is 16.8. The summed E-state index contributed by atoms with van der Waals surface area (Å²) < 4.78 is 5.65. The third-order valence-electron chi connectivity index (χ3n) is 5.08. The minimum absolute atomic E-state index is 0.0614. The summed E-state index contributed by atoms with van der Waals surface area (Å²) in [4.78, 5) is 35.4. The molecule has 1 aromatic heterocycles. The maximum atomic E-state index is 12.4. The van der Waals surface area contributed by atoms with Gasteiger partial charge in [-0.05, 0) is 67.6 Å². The van der Waals surface area contributed by atoms with E-state index in [0.717, 1.165) is 5.56 Å². The number of para-hydroxylation sites is 1. The van der Waals surface area contributed by atoms with Gasteiger partial charge in [0.05, 0.1) is 10.5 Å². The molecular weight excluding hydrogens is 446 g/mol. The fourth-order valence-corrected chi connectivity index (χ4v) is 3.40. The molecule has 0 saturated heterocycles. The number of nitro benzene ring substituents is 1. The molecule has 0 aliphatic carbocycles. The molecule has 0 aliphatic rings. The van der Waals surface area contributed by atoms with Crippen LogP contribution in [-0.4, -0.2) is 16.7 Å². The number of anilines is 2. The van der Waals surface area contributed by atoms with Gasteiger partial charge in [0.15, 0.2) is 0 Å². The maximum Gasteiger partial charge on any atom is 0.280 e. The second-order valence-corrected chi connectivity index (χ2v) is 7.70. The molecule has 2 amide bonds. The monoisotopic (exact) mass is 467 g/mol. The van der Waals surface area contributed by atoms with Gasteiger partial charge in [-0.25, -0.2) is 0 Å². The van der Waals surface area contributed by atoms with E-state index in [9.17, 15) is 19.7 Å². The minimum Gasteiger partial charge on any atom is -0.456 e. The zero-order valence-electron chi connectivity index (χ0n) is 18.7. The highest BCUT2D eigenvalue weighted by Crippen LogP contribution is 2.31. The van der Waals surface area contributed by atoms with Crippen LogP contribution in [0.3, 0.4) is 0 Å². The first kappa shape index (κ1) is 23.2. The van der Waals surface area contributed by atoms with E-state index < -0.39 is 4.92 Å². The Morgan fingerprint density at radius 1 is 0.886 bits per heavy atom. The first-order valence-electron chi connectivity index (χ1n) is 10.7. The van der Waals surface area contributed by atoms with Gasteiger partial charge in [0, 0.05) is 29.1 Å². The number of amides is 2. The van der Waals surface area contributed by atoms with Gasteiger partial charge >= 0.3 is 0 Å². The quantitative estimate of drug-likeness (QED) is 0.195. The van der Waals surface area contributed by atoms with Gasteiger partial charge < -0.3 is 15.1 Å². The number of carbonyl (C=O) groups is 2. The summed E-state index contributed by atoms with van der Waals surface area (Å²) in [7, 11) is 0. The van der Waals surface area contributed by atoms with Crippen LogP contribution in [-0.2, 0) is 4.79 Å². The van der Waals surface area contributed by atoms with Crippen LogP contribution in [0.1, 0.15) is 21.7 Å². The lowest BCUT2D eigenvalue weighted by atomic mass is 10.1. The fraction of sp³-hybridized carbons (Fsp3) is 0.0370. The molecule has 35 heavy (non-hydrogen) atoms. The third kappa shape index (κ3) is 5.88. The summed E-state index contributed by atoms with van der Waals surface area (Å²) in [5.74, 6) is 0.112. The molecule has 8 nitrogen and oxygen atoms in total. The van der Waals surface area contributed by atoms with Gasteiger partial charge in [0.25, 0.3) is 11.6 Å². The molecular formula is C27H21N3O5. The Kier molecular flexibility index (Phi) is 6.83.